The average molecular weight is 303 g/mol. The minimum atomic E-state index is -0.106. The molecule has 1 aliphatic rings. The summed E-state index contributed by atoms with van der Waals surface area (Å²) >= 11 is 0. The molecule has 0 aliphatic heterocycles. The molecule has 22 heavy (non-hydrogen) atoms. The average Bonchev–Trinajstić information content (AvgIpc) is 2.52. The number of amides is 2. The summed E-state index contributed by atoms with van der Waals surface area (Å²) in [5.41, 5.74) is 1.56. The van der Waals surface area contributed by atoms with Crippen molar-refractivity contribution < 1.29 is 9.59 Å². The maximum Gasteiger partial charge on any atom is 0.241 e. The number of anilines is 2. The Bertz CT molecular complexity index is 524. The largest absolute Gasteiger partial charge is 0.376 e. The van der Waals surface area contributed by atoms with Crippen LogP contribution in [0.3, 0.4) is 0 Å². The van der Waals surface area contributed by atoms with Gasteiger partial charge < -0.3 is 15.5 Å². The summed E-state index contributed by atoms with van der Waals surface area (Å²) in [5, 5.41) is 5.87. The van der Waals surface area contributed by atoms with Gasteiger partial charge in [0.05, 0.1) is 6.54 Å². The number of hydrogen-bond donors (Lipinski definition) is 2. The van der Waals surface area contributed by atoms with E-state index in [9.17, 15) is 9.59 Å². The van der Waals surface area contributed by atoms with Crippen LogP contribution in [0.2, 0.25) is 0 Å². The molecule has 0 unspecified atom stereocenters. The lowest BCUT2D eigenvalue weighted by atomic mass is 9.94. The predicted octanol–water partition coefficient (Wildman–Crippen LogP) is 2.85. The fourth-order valence-corrected chi connectivity index (χ4v) is 2.88. The van der Waals surface area contributed by atoms with E-state index in [1.165, 1.54) is 26.2 Å². The van der Waals surface area contributed by atoms with Crippen molar-refractivity contribution in [1.29, 1.82) is 0 Å². The van der Waals surface area contributed by atoms with Crippen LogP contribution < -0.4 is 10.6 Å². The van der Waals surface area contributed by atoms with Gasteiger partial charge in [-0.2, -0.15) is 0 Å². The van der Waals surface area contributed by atoms with E-state index in [-0.39, 0.29) is 18.4 Å². The van der Waals surface area contributed by atoms with Crippen LogP contribution in [0.15, 0.2) is 24.3 Å². The second-order valence-electron chi connectivity index (χ2n) is 5.91. The fraction of sp³-hybridized carbons (Fsp3) is 0.529. The molecule has 1 aliphatic carbocycles. The van der Waals surface area contributed by atoms with E-state index < -0.39 is 0 Å². The van der Waals surface area contributed by atoms with Crippen LogP contribution in [-0.4, -0.2) is 36.3 Å². The molecule has 2 N–H and O–H groups in total. The molecule has 1 fully saturated rings. The first kappa shape index (κ1) is 16.3. The van der Waals surface area contributed by atoms with Gasteiger partial charge in [-0.05, 0) is 31.0 Å². The van der Waals surface area contributed by atoms with Gasteiger partial charge in [-0.1, -0.05) is 25.3 Å². The Morgan fingerprint density at radius 3 is 2.55 bits per heavy atom. The van der Waals surface area contributed by atoms with Crippen LogP contribution in [0, 0.1) is 0 Å². The van der Waals surface area contributed by atoms with Crippen molar-refractivity contribution in [1.82, 2.24) is 4.90 Å². The van der Waals surface area contributed by atoms with Crippen molar-refractivity contribution in [2.24, 2.45) is 0 Å². The van der Waals surface area contributed by atoms with Crippen LogP contribution in [0.4, 0.5) is 11.4 Å². The first-order chi connectivity index (χ1) is 10.6. The maximum atomic E-state index is 12.3. The number of hydrogen-bond acceptors (Lipinski definition) is 3. The van der Waals surface area contributed by atoms with E-state index in [1.807, 2.05) is 36.2 Å². The minimum Gasteiger partial charge on any atom is -0.376 e. The zero-order valence-electron chi connectivity index (χ0n) is 13.4. The molecular formula is C17H25N3O2. The van der Waals surface area contributed by atoms with Gasteiger partial charge in [0.15, 0.2) is 0 Å². The van der Waals surface area contributed by atoms with Crippen molar-refractivity contribution in [2.75, 3.05) is 24.2 Å². The van der Waals surface area contributed by atoms with Crippen molar-refractivity contribution in [3.63, 3.8) is 0 Å². The molecule has 0 aromatic heterocycles. The predicted molar refractivity (Wildman–Crippen MR) is 88.9 cm³/mol. The van der Waals surface area contributed by atoms with Gasteiger partial charge in [0, 0.05) is 31.4 Å². The molecule has 1 saturated carbocycles. The summed E-state index contributed by atoms with van der Waals surface area (Å²) in [5.74, 6) is 0.00193. The SMILES string of the molecule is CC(=O)Nc1cccc(NCC(=O)N(C)C2CCCCC2)c1. The molecule has 1 aromatic rings. The number of carbonyl (C=O) groups is 2. The maximum absolute atomic E-state index is 12.3. The Labute approximate surface area is 132 Å². The monoisotopic (exact) mass is 303 g/mol. The number of nitrogens with one attached hydrogen (secondary N) is 2. The normalized spacial score (nSPS) is 15.2. The van der Waals surface area contributed by atoms with Gasteiger partial charge in [-0.3, -0.25) is 9.59 Å². The molecule has 0 radical (unpaired) electrons. The zero-order chi connectivity index (χ0) is 15.9. The summed E-state index contributed by atoms with van der Waals surface area (Å²) in [6, 6.07) is 7.77. The summed E-state index contributed by atoms with van der Waals surface area (Å²) in [7, 11) is 1.90. The number of benzene rings is 1. The number of carbonyl (C=O) groups excluding carboxylic acids is 2. The summed E-state index contributed by atoms with van der Waals surface area (Å²) in [6.07, 6.45) is 5.94. The number of likely N-dealkylation sites (N-methyl/N-ethyl adjacent to an activating group) is 1. The molecule has 120 valence electrons. The first-order valence-corrected chi connectivity index (χ1v) is 7.93. The summed E-state index contributed by atoms with van der Waals surface area (Å²) in [6.45, 7) is 1.75. The van der Waals surface area contributed by atoms with Gasteiger partial charge in [-0.15, -0.1) is 0 Å². The second-order valence-corrected chi connectivity index (χ2v) is 5.91. The third-order valence-electron chi connectivity index (χ3n) is 4.14. The smallest absolute Gasteiger partial charge is 0.241 e. The first-order valence-electron chi connectivity index (χ1n) is 7.93. The molecule has 0 atom stereocenters. The van der Waals surface area contributed by atoms with E-state index in [1.54, 1.807) is 0 Å². The van der Waals surface area contributed by atoms with E-state index in [0.717, 1.165) is 24.2 Å². The Balaban J connectivity index is 1.86. The Morgan fingerprint density at radius 1 is 1.18 bits per heavy atom. The summed E-state index contributed by atoms with van der Waals surface area (Å²) < 4.78 is 0. The second kappa shape index (κ2) is 7.82. The Kier molecular flexibility index (Phi) is 5.81. The molecule has 1 aromatic carbocycles. The van der Waals surface area contributed by atoms with Crippen LogP contribution in [0.1, 0.15) is 39.0 Å². The topological polar surface area (TPSA) is 61.4 Å². The number of nitrogens with zero attached hydrogens (tertiary/aromatic N) is 1. The lowest BCUT2D eigenvalue weighted by Crippen LogP contribution is -2.41. The molecule has 0 bridgehead atoms. The van der Waals surface area contributed by atoms with Crippen LogP contribution in [-0.2, 0) is 9.59 Å². The Morgan fingerprint density at radius 2 is 1.86 bits per heavy atom. The molecule has 2 rings (SSSR count). The fourth-order valence-electron chi connectivity index (χ4n) is 2.88. The van der Waals surface area contributed by atoms with Crippen molar-refractivity contribution >= 4 is 23.2 Å². The van der Waals surface area contributed by atoms with E-state index >= 15 is 0 Å². The molecule has 0 spiro atoms. The van der Waals surface area contributed by atoms with E-state index in [0.29, 0.717) is 6.04 Å². The Hall–Kier alpha value is -2.04. The van der Waals surface area contributed by atoms with Gasteiger partial charge >= 0.3 is 0 Å². The van der Waals surface area contributed by atoms with Crippen LogP contribution >= 0.6 is 0 Å². The highest BCUT2D eigenvalue weighted by Gasteiger charge is 2.21. The lowest BCUT2D eigenvalue weighted by molar-refractivity contribution is -0.130. The zero-order valence-corrected chi connectivity index (χ0v) is 13.4. The van der Waals surface area contributed by atoms with Crippen molar-refractivity contribution in [2.45, 2.75) is 45.1 Å². The molecule has 0 heterocycles. The van der Waals surface area contributed by atoms with Gasteiger partial charge in [0.25, 0.3) is 0 Å². The molecule has 5 heteroatoms. The molecule has 5 nitrogen and oxygen atoms in total. The lowest BCUT2D eigenvalue weighted by Gasteiger charge is -2.31. The van der Waals surface area contributed by atoms with Crippen LogP contribution in [0.5, 0.6) is 0 Å². The van der Waals surface area contributed by atoms with Gasteiger partial charge in [0.2, 0.25) is 11.8 Å². The number of rotatable bonds is 5. The molecule has 0 saturated heterocycles. The quantitative estimate of drug-likeness (QED) is 0.879. The van der Waals surface area contributed by atoms with Crippen LogP contribution in [0.25, 0.3) is 0 Å². The van der Waals surface area contributed by atoms with Crippen molar-refractivity contribution in [3.05, 3.63) is 24.3 Å². The third kappa shape index (κ3) is 4.76. The highest BCUT2D eigenvalue weighted by molar-refractivity contribution is 5.89. The highest BCUT2D eigenvalue weighted by atomic mass is 16.2. The third-order valence-corrected chi connectivity index (χ3v) is 4.14. The van der Waals surface area contributed by atoms with E-state index in [4.69, 9.17) is 0 Å². The van der Waals surface area contributed by atoms with E-state index in [2.05, 4.69) is 10.6 Å². The highest BCUT2D eigenvalue weighted by Crippen LogP contribution is 2.22. The minimum absolute atomic E-state index is 0.106. The summed E-state index contributed by atoms with van der Waals surface area (Å²) in [4.78, 5) is 25.2. The van der Waals surface area contributed by atoms with Crippen molar-refractivity contribution in [3.8, 4) is 0 Å². The standard InChI is InChI=1S/C17H25N3O2/c1-13(21)19-15-8-6-7-14(11-15)18-12-17(22)20(2)16-9-4-3-5-10-16/h6-8,11,16,18H,3-5,9-10,12H2,1-2H3,(H,19,21). The molecule has 2 amide bonds. The van der Waals surface area contributed by atoms with Gasteiger partial charge in [-0.25, -0.2) is 0 Å². The van der Waals surface area contributed by atoms with Gasteiger partial charge in [0.1, 0.15) is 0 Å². The molecular weight excluding hydrogens is 278 g/mol.